The molecule has 1 saturated heterocycles. The van der Waals surface area contributed by atoms with Crippen LogP contribution < -0.4 is 5.56 Å². The van der Waals surface area contributed by atoms with E-state index in [0.29, 0.717) is 13.1 Å². The van der Waals surface area contributed by atoms with Gasteiger partial charge in [-0.05, 0) is 25.3 Å². The average molecular weight is 286 g/mol. The number of hydrogen-bond donors (Lipinski definition) is 1. The van der Waals surface area contributed by atoms with E-state index < -0.39 is 0 Å². The Morgan fingerprint density at radius 2 is 2.24 bits per heavy atom. The molecule has 1 N–H and O–H groups in total. The van der Waals surface area contributed by atoms with Crippen LogP contribution >= 0.6 is 0 Å². The first-order valence-electron chi connectivity index (χ1n) is 7.30. The van der Waals surface area contributed by atoms with Crippen LogP contribution in [0, 0.1) is 17.8 Å². The predicted molar refractivity (Wildman–Crippen MR) is 83.0 cm³/mol. The predicted octanol–water partition coefficient (Wildman–Crippen LogP) is 1.89. The van der Waals surface area contributed by atoms with Crippen molar-refractivity contribution < 1.29 is 4.79 Å². The molecular weight excluding hydrogens is 264 g/mol. The zero-order valence-electron chi connectivity index (χ0n) is 13.1. The maximum Gasteiger partial charge on any atom is 0.251 e. The smallest absolute Gasteiger partial charge is 0.251 e. The van der Waals surface area contributed by atoms with E-state index in [-0.39, 0.29) is 22.8 Å². The van der Waals surface area contributed by atoms with Gasteiger partial charge < -0.3 is 9.88 Å². The lowest BCUT2D eigenvalue weighted by atomic mass is 9.68. The van der Waals surface area contributed by atoms with Crippen molar-refractivity contribution in [3.63, 3.8) is 0 Å². The standard InChI is InChI=1S/C17H22N2O2/c1-5-6-14-9-15(16(21)18-10-14)17(4)7-8-19(13(3)20)11-12(17)2/h9-10,12H,7-8,11H2,1-4H3,(H,18,21). The summed E-state index contributed by atoms with van der Waals surface area (Å²) in [6, 6.07) is 1.90. The van der Waals surface area contributed by atoms with E-state index in [1.54, 1.807) is 20.0 Å². The summed E-state index contributed by atoms with van der Waals surface area (Å²) in [6.07, 6.45) is 2.45. The maximum absolute atomic E-state index is 12.3. The summed E-state index contributed by atoms with van der Waals surface area (Å²) in [7, 11) is 0. The van der Waals surface area contributed by atoms with Gasteiger partial charge in [-0.15, -0.1) is 5.92 Å². The van der Waals surface area contributed by atoms with Crippen molar-refractivity contribution in [2.75, 3.05) is 13.1 Å². The first kappa shape index (κ1) is 15.4. The Hall–Kier alpha value is -2.02. The number of H-pyrrole nitrogens is 1. The summed E-state index contributed by atoms with van der Waals surface area (Å²) in [4.78, 5) is 28.4. The molecule has 0 radical (unpaired) electrons. The maximum atomic E-state index is 12.3. The lowest BCUT2D eigenvalue weighted by Gasteiger charge is -2.44. The molecule has 1 aliphatic heterocycles. The average Bonchev–Trinajstić information content (AvgIpc) is 2.44. The van der Waals surface area contributed by atoms with Gasteiger partial charge in [0, 0.05) is 42.8 Å². The second kappa shape index (κ2) is 5.77. The van der Waals surface area contributed by atoms with Crippen molar-refractivity contribution >= 4 is 5.91 Å². The molecule has 112 valence electrons. The highest BCUT2D eigenvalue weighted by molar-refractivity contribution is 5.73. The van der Waals surface area contributed by atoms with Gasteiger partial charge in [0.25, 0.3) is 5.56 Å². The zero-order chi connectivity index (χ0) is 15.6. The number of hydrogen-bond acceptors (Lipinski definition) is 2. The third-order valence-electron chi connectivity index (χ3n) is 4.72. The highest BCUT2D eigenvalue weighted by Gasteiger charge is 2.40. The Bertz CT molecular complexity index is 665. The molecule has 2 atom stereocenters. The molecule has 1 aromatic rings. The summed E-state index contributed by atoms with van der Waals surface area (Å²) >= 11 is 0. The molecule has 0 saturated carbocycles. The number of nitrogens with one attached hydrogen (secondary N) is 1. The number of pyridine rings is 1. The monoisotopic (exact) mass is 286 g/mol. The summed E-state index contributed by atoms with van der Waals surface area (Å²) < 4.78 is 0. The Morgan fingerprint density at radius 3 is 2.81 bits per heavy atom. The Morgan fingerprint density at radius 1 is 1.52 bits per heavy atom. The highest BCUT2D eigenvalue weighted by atomic mass is 16.2. The van der Waals surface area contributed by atoms with Crippen molar-refractivity contribution in [1.82, 2.24) is 9.88 Å². The molecule has 2 unspecified atom stereocenters. The van der Waals surface area contributed by atoms with Crippen molar-refractivity contribution in [3.8, 4) is 11.8 Å². The summed E-state index contributed by atoms with van der Waals surface area (Å²) in [5.41, 5.74) is 1.32. The first-order chi connectivity index (χ1) is 9.88. The van der Waals surface area contributed by atoms with Crippen LogP contribution in [-0.2, 0) is 10.2 Å². The van der Waals surface area contributed by atoms with E-state index in [1.807, 2.05) is 11.0 Å². The summed E-state index contributed by atoms with van der Waals surface area (Å²) in [5.74, 6) is 6.17. The number of likely N-dealkylation sites (tertiary alicyclic amines) is 1. The molecule has 1 aromatic heterocycles. The van der Waals surface area contributed by atoms with Gasteiger partial charge in [-0.3, -0.25) is 9.59 Å². The van der Waals surface area contributed by atoms with Crippen LogP contribution in [-0.4, -0.2) is 28.9 Å². The number of piperidine rings is 1. The van der Waals surface area contributed by atoms with Crippen molar-refractivity contribution in [1.29, 1.82) is 0 Å². The normalized spacial score (nSPS) is 25.1. The van der Waals surface area contributed by atoms with Gasteiger partial charge in [0.15, 0.2) is 0 Å². The topological polar surface area (TPSA) is 53.2 Å². The van der Waals surface area contributed by atoms with Gasteiger partial charge in [0.2, 0.25) is 5.91 Å². The molecular formula is C17H22N2O2. The summed E-state index contributed by atoms with van der Waals surface area (Å²) in [6.45, 7) is 8.98. The van der Waals surface area contributed by atoms with Gasteiger partial charge in [-0.1, -0.05) is 19.8 Å². The second-order valence-electron chi connectivity index (χ2n) is 6.04. The molecule has 2 rings (SSSR count). The number of aromatic nitrogens is 1. The van der Waals surface area contributed by atoms with Crippen molar-refractivity contribution in [3.05, 3.63) is 33.7 Å². The van der Waals surface area contributed by atoms with Crippen LogP contribution in [0.3, 0.4) is 0 Å². The van der Waals surface area contributed by atoms with Crippen LogP contribution in [0.1, 0.15) is 45.2 Å². The molecule has 4 heteroatoms. The number of carbonyl (C=O) groups excluding carboxylic acids is 1. The lowest BCUT2D eigenvalue weighted by Crippen LogP contribution is -2.50. The molecule has 4 nitrogen and oxygen atoms in total. The van der Waals surface area contributed by atoms with Crippen molar-refractivity contribution in [2.24, 2.45) is 5.92 Å². The number of aromatic amines is 1. The van der Waals surface area contributed by atoms with Gasteiger partial charge in [-0.2, -0.15) is 0 Å². The third-order valence-corrected chi connectivity index (χ3v) is 4.72. The second-order valence-corrected chi connectivity index (χ2v) is 6.04. The fourth-order valence-electron chi connectivity index (χ4n) is 3.05. The third kappa shape index (κ3) is 2.87. The van der Waals surface area contributed by atoms with Crippen LogP contribution in [0.5, 0.6) is 0 Å². The van der Waals surface area contributed by atoms with Crippen molar-refractivity contribution in [2.45, 2.75) is 39.5 Å². The van der Waals surface area contributed by atoms with Gasteiger partial charge >= 0.3 is 0 Å². The van der Waals surface area contributed by atoms with E-state index in [4.69, 9.17) is 0 Å². The highest BCUT2D eigenvalue weighted by Crippen LogP contribution is 2.37. The number of amides is 1. The minimum Gasteiger partial charge on any atom is -0.343 e. The number of carbonyl (C=O) groups is 1. The van der Waals surface area contributed by atoms with E-state index >= 15 is 0 Å². The molecule has 1 amide bonds. The molecule has 0 spiro atoms. The fourth-order valence-corrected chi connectivity index (χ4v) is 3.05. The Kier molecular flexibility index (Phi) is 4.22. The number of rotatable bonds is 1. The SMILES string of the molecule is CC#Cc1c[nH]c(=O)c(C2(C)CCN(C(C)=O)CC2C)c1. The summed E-state index contributed by atoms with van der Waals surface area (Å²) in [5, 5.41) is 0. The van der Waals surface area contributed by atoms with E-state index in [9.17, 15) is 9.59 Å². The van der Waals surface area contributed by atoms with Crippen LogP contribution in [0.25, 0.3) is 0 Å². The molecule has 2 heterocycles. The Labute approximate surface area is 125 Å². The Balaban J connectivity index is 2.40. The van der Waals surface area contributed by atoms with E-state index in [1.165, 1.54) is 0 Å². The molecule has 0 aromatic carbocycles. The van der Waals surface area contributed by atoms with Gasteiger partial charge in [0.1, 0.15) is 0 Å². The van der Waals surface area contributed by atoms with E-state index in [0.717, 1.165) is 17.5 Å². The molecule has 1 fully saturated rings. The lowest BCUT2D eigenvalue weighted by molar-refractivity contribution is -0.131. The minimum atomic E-state index is -0.231. The largest absolute Gasteiger partial charge is 0.343 e. The van der Waals surface area contributed by atoms with Crippen LogP contribution in [0.15, 0.2) is 17.1 Å². The number of nitrogens with zero attached hydrogens (tertiary/aromatic N) is 1. The van der Waals surface area contributed by atoms with Gasteiger partial charge in [-0.25, -0.2) is 0 Å². The first-order valence-corrected chi connectivity index (χ1v) is 7.30. The molecule has 1 aliphatic rings. The fraction of sp³-hybridized carbons (Fsp3) is 0.529. The van der Waals surface area contributed by atoms with E-state index in [2.05, 4.69) is 30.7 Å². The minimum absolute atomic E-state index is 0.0534. The van der Waals surface area contributed by atoms with Gasteiger partial charge in [0.05, 0.1) is 0 Å². The van der Waals surface area contributed by atoms with Crippen LogP contribution in [0.4, 0.5) is 0 Å². The quantitative estimate of drug-likeness (QED) is 0.802. The molecule has 0 bridgehead atoms. The molecule has 0 aliphatic carbocycles. The zero-order valence-corrected chi connectivity index (χ0v) is 13.1. The molecule has 21 heavy (non-hydrogen) atoms. The van der Waals surface area contributed by atoms with Crippen LogP contribution in [0.2, 0.25) is 0 Å².